The number of ether oxygens (including phenoxy) is 2. The van der Waals surface area contributed by atoms with E-state index in [1.165, 1.54) is 5.56 Å². The topological polar surface area (TPSA) is 47.6 Å². The number of methoxy groups -OCH3 is 1. The minimum absolute atomic E-state index is 0.178. The third kappa shape index (κ3) is 4.25. The van der Waals surface area contributed by atoms with Gasteiger partial charge in [0.25, 0.3) is 5.91 Å². The average Bonchev–Trinajstić information content (AvgIpc) is 2.50. The molecular formula is C19H23NO3. The first-order chi connectivity index (χ1) is 10.9. The molecule has 1 N–H and O–H groups in total. The van der Waals surface area contributed by atoms with Gasteiger partial charge in [-0.1, -0.05) is 23.8 Å². The summed E-state index contributed by atoms with van der Waals surface area (Å²) < 4.78 is 10.9. The van der Waals surface area contributed by atoms with E-state index in [-0.39, 0.29) is 5.91 Å². The van der Waals surface area contributed by atoms with Crippen LogP contribution < -0.4 is 14.8 Å². The Morgan fingerprint density at radius 3 is 2.26 bits per heavy atom. The summed E-state index contributed by atoms with van der Waals surface area (Å²) in [5.74, 6) is 1.12. The normalized spacial score (nSPS) is 11.7. The molecule has 0 aliphatic carbocycles. The zero-order chi connectivity index (χ0) is 17.0. The maximum atomic E-state index is 12.4. The van der Waals surface area contributed by atoms with Gasteiger partial charge in [0.1, 0.15) is 11.5 Å². The van der Waals surface area contributed by atoms with E-state index in [1.54, 1.807) is 26.2 Å². The molecule has 0 fully saturated rings. The van der Waals surface area contributed by atoms with Crippen LogP contribution in [0, 0.1) is 20.8 Å². The van der Waals surface area contributed by atoms with Crippen molar-refractivity contribution in [2.75, 3.05) is 12.4 Å². The fourth-order valence-corrected chi connectivity index (χ4v) is 2.53. The van der Waals surface area contributed by atoms with Crippen LogP contribution in [0.2, 0.25) is 0 Å². The molecule has 122 valence electrons. The molecule has 0 bridgehead atoms. The van der Waals surface area contributed by atoms with Crippen molar-refractivity contribution in [2.45, 2.75) is 33.8 Å². The van der Waals surface area contributed by atoms with Crippen LogP contribution in [0.5, 0.6) is 11.5 Å². The zero-order valence-electron chi connectivity index (χ0n) is 14.3. The van der Waals surface area contributed by atoms with Gasteiger partial charge < -0.3 is 14.8 Å². The highest BCUT2D eigenvalue weighted by atomic mass is 16.5. The van der Waals surface area contributed by atoms with Crippen molar-refractivity contribution in [1.82, 2.24) is 0 Å². The lowest BCUT2D eigenvalue weighted by Crippen LogP contribution is -2.30. The molecule has 0 saturated heterocycles. The van der Waals surface area contributed by atoms with Gasteiger partial charge in [0.15, 0.2) is 6.10 Å². The van der Waals surface area contributed by atoms with Crippen molar-refractivity contribution < 1.29 is 14.3 Å². The van der Waals surface area contributed by atoms with Gasteiger partial charge in [-0.3, -0.25) is 4.79 Å². The van der Waals surface area contributed by atoms with Crippen LogP contribution in [-0.2, 0) is 4.79 Å². The van der Waals surface area contributed by atoms with E-state index < -0.39 is 6.10 Å². The second kappa shape index (κ2) is 7.18. The standard InChI is InChI=1S/C19H23NO3/c1-12-9-13(2)18(14(3)10-12)20-19(21)15(4)23-17-8-6-7-16(11-17)22-5/h6-11,15H,1-5H3,(H,20,21)/t15-/m0/s1. The number of rotatable bonds is 5. The summed E-state index contributed by atoms with van der Waals surface area (Å²) in [6.07, 6.45) is -0.609. The molecule has 4 nitrogen and oxygen atoms in total. The monoisotopic (exact) mass is 313 g/mol. The summed E-state index contributed by atoms with van der Waals surface area (Å²) in [7, 11) is 1.60. The minimum Gasteiger partial charge on any atom is -0.497 e. The Morgan fingerprint density at radius 2 is 1.65 bits per heavy atom. The summed E-state index contributed by atoms with van der Waals surface area (Å²) in [4.78, 5) is 12.4. The van der Waals surface area contributed by atoms with E-state index in [0.717, 1.165) is 16.8 Å². The van der Waals surface area contributed by atoms with Crippen molar-refractivity contribution in [1.29, 1.82) is 0 Å². The summed E-state index contributed by atoms with van der Waals surface area (Å²) in [6.45, 7) is 7.75. The Kier molecular flexibility index (Phi) is 5.27. The summed E-state index contributed by atoms with van der Waals surface area (Å²) in [5.41, 5.74) is 4.12. The molecule has 2 rings (SSSR count). The van der Waals surface area contributed by atoms with E-state index in [0.29, 0.717) is 11.5 Å². The number of carbonyl (C=O) groups excluding carboxylic acids is 1. The molecule has 2 aromatic carbocycles. The van der Waals surface area contributed by atoms with Gasteiger partial charge in [0.05, 0.1) is 7.11 Å². The molecule has 0 radical (unpaired) electrons. The molecule has 0 aromatic heterocycles. The van der Waals surface area contributed by atoms with Crippen LogP contribution in [-0.4, -0.2) is 19.1 Å². The zero-order valence-corrected chi connectivity index (χ0v) is 14.3. The van der Waals surface area contributed by atoms with Crippen LogP contribution in [0.1, 0.15) is 23.6 Å². The molecule has 0 unspecified atom stereocenters. The summed E-state index contributed by atoms with van der Waals surface area (Å²) in [5, 5.41) is 2.96. The number of anilines is 1. The third-order valence-electron chi connectivity index (χ3n) is 3.65. The summed E-state index contributed by atoms with van der Waals surface area (Å²) in [6, 6.07) is 11.3. The minimum atomic E-state index is -0.609. The highest BCUT2D eigenvalue weighted by molar-refractivity contribution is 5.95. The second-order valence-corrected chi connectivity index (χ2v) is 5.70. The van der Waals surface area contributed by atoms with E-state index in [4.69, 9.17) is 9.47 Å². The molecule has 0 aliphatic heterocycles. The molecule has 1 atom stereocenters. The molecule has 23 heavy (non-hydrogen) atoms. The SMILES string of the molecule is COc1cccc(O[C@@H](C)C(=O)Nc2c(C)cc(C)cc2C)c1. The third-order valence-corrected chi connectivity index (χ3v) is 3.65. The number of carbonyl (C=O) groups is 1. The number of amides is 1. The number of nitrogens with one attached hydrogen (secondary N) is 1. The Bertz CT molecular complexity index is 687. The van der Waals surface area contributed by atoms with Gasteiger partial charge in [-0.2, -0.15) is 0 Å². The average molecular weight is 313 g/mol. The molecule has 0 spiro atoms. The lowest BCUT2D eigenvalue weighted by atomic mass is 10.0. The van der Waals surface area contributed by atoms with Gasteiger partial charge in [-0.15, -0.1) is 0 Å². The Balaban J connectivity index is 2.08. The van der Waals surface area contributed by atoms with Crippen molar-refractivity contribution in [3.8, 4) is 11.5 Å². The predicted octanol–water partition coefficient (Wildman–Crippen LogP) is 4.03. The Morgan fingerprint density at radius 1 is 1.04 bits per heavy atom. The van der Waals surface area contributed by atoms with Crippen molar-refractivity contribution >= 4 is 11.6 Å². The van der Waals surface area contributed by atoms with Gasteiger partial charge in [0, 0.05) is 11.8 Å². The van der Waals surface area contributed by atoms with E-state index in [2.05, 4.69) is 17.4 Å². The lowest BCUT2D eigenvalue weighted by Gasteiger charge is -2.18. The van der Waals surface area contributed by atoms with Gasteiger partial charge in [-0.25, -0.2) is 0 Å². The largest absolute Gasteiger partial charge is 0.497 e. The molecule has 0 aliphatic rings. The Hall–Kier alpha value is -2.49. The molecule has 1 amide bonds. The maximum absolute atomic E-state index is 12.4. The number of aryl methyl sites for hydroxylation is 3. The van der Waals surface area contributed by atoms with Crippen LogP contribution >= 0.6 is 0 Å². The Labute approximate surface area is 137 Å². The highest BCUT2D eigenvalue weighted by Crippen LogP contribution is 2.23. The van der Waals surface area contributed by atoms with Crippen LogP contribution in [0.4, 0.5) is 5.69 Å². The van der Waals surface area contributed by atoms with Crippen molar-refractivity contribution in [2.24, 2.45) is 0 Å². The van der Waals surface area contributed by atoms with E-state index in [1.807, 2.05) is 32.9 Å². The van der Waals surface area contributed by atoms with Crippen LogP contribution in [0.25, 0.3) is 0 Å². The van der Waals surface area contributed by atoms with Crippen LogP contribution in [0.15, 0.2) is 36.4 Å². The van der Waals surface area contributed by atoms with Gasteiger partial charge in [0.2, 0.25) is 0 Å². The van der Waals surface area contributed by atoms with Gasteiger partial charge in [-0.05, 0) is 51.0 Å². The number of hydrogen-bond acceptors (Lipinski definition) is 3. The number of hydrogen-bond donors (Lipinski definition) is 1. The predicted molar refractivity (Wildman–Crippen MR) is 92.4 cm³/mol. The van der Waals surface area contributed by atoms with Crippen molar-refractivity contribution in [3.63, 3.8) is 0 Å². The molecule has 4 heteroatoms. The van der Waals surface area contributed by atoms with E-state index >= 15 is 0 Å². The first kappa shape index (κ1) is 16.9. The summed E-state index contributed by atoms with van der Waals surface area (Å²) >= 11 is 0. The quantitative estimate of drug-likeness (QED) is 0.906. The maximum Gasteiger partial charge on any atom is 0.265 e. The van der Waals surface area contributed by atoms with Crippen LogP contribution in [0.3, 0.4) is 0 Å². The smallest absolute Gasteiger partial charge is 0.265 e. The molecule has 0 saturated carbocycles. The first-order valence-corrected chi connectivity index (χ1v) is 7.60. The van der Waals surface area contributed by atoms with Crippen molar-refractivity contribution in [3.05, 3.63) is 53.1 Å². The molecule has 0 heterocycles. The molecular weight excluding hydrogens is 290 g/mol. The van der Waals surface area contributed by atoms with E-state index in [9.17, 15) is 4.79 Å². The van der Waals surface area contributed by atoms with Gasteiger partial charge >= 0.3 is 0 Å². The lowest BCUT2D eigenvalue weighted by molar-refractivity contribution is -0.122. The fraction of sp³-hybridized carbons (Fsp3) is 0.316. The second-order valence-electron chi connectivity index (χ2n) is 5.70. The molecule has 2 aromatic rings. The highest BCUT2D eigenvalue weighted by Gasteiger charge is 2.17. The fourth-order valence-electron chi connectivity index (χ4n) is 2.53. The first-order valence-electron chi connectivity index (χ1n) is 7.60. The number of benzene rings is 2.